The van der Waals surface area contributed by atoms with E-state index in [1.165, 1.54) is 12.1 Å². The molecule has 0 spiro atoms. The number of ether oxygens (including phenoxy) is 1. The van der Waals surface area contributed by atoms with Gasteiger partial charge in [-0.25, -0.2) is 4.39 Å². The molecule has 6 heteroatoms. The van der Waals surface area contributed by atoms with Crippen LogP contribution in [0.4, 0.5) is 4.39 Å². The first-order valence-electron chi connectivity index (χ1n) is 10.7. The van der Waals surface area contributed by atoms with Crippen LogP contribution in [-0.4, -0.2) is 42.1 Å². The summed E-state index contributed by atoms with van der Waals surface area (Å²) >= 11 is 0. The molecule has 5 nitrogen and oxygen atoms in total. The summed E-state index contributed by atoms with van der Waals surface area (Å²) in [5.74, 6) is 1.01. The van der Waals surface area contributed by atoms with Crippen molar-refractivity contribution in [2.45, 2.75) is 38.5 Å². The predicted molar refractivity (Wildman–Crippen MR) is 114 cm³/mol. The van der Waals surface area contributed by atoms with Crippen molar-refractivity contribution in [1.82, 2.24) is 10.1 Å². The molecule has 1 aliphatic heterocycles. The fourth-order valence-corrected chi connectivity index (χ4v) is 4.07. The second-order valence-corrected chi connectivity index (χ2v) is 7.83. The SMILES string of the molecule is CCC(=O)c1ccc(OCCCN2CCC(c3noc4cc(F)ccc34)CC2)cc1. The minimum Gasteiger partial charge on any atom is -0.494 e. The van der Waals surface area contributed by atoms with Crippen LogP contribution in [0.2, 0.25) is 0 Å². The van der Waals surface area contributed by atoms with Crippen molar-refractivity contribution in [2.75, 3.05) is 26.2 Å². The smallest absolute Gasteiger partial charge is 0.170 e. The predicted octanol–water partition coefficient (Wildman–Crippen LogP) is 5.21. The van der Waals surface area contributed by atoms with Crippen LogP contribution in [0.15, 0.2) is 47.0 Å². The molecule has 0 aliphatic carbocycles. The lowest BCUT2D eigenvalue weighted by Gasteiger charge is -2.31. The molecule has 0 bridgehead atoms. The topological polar surface area (TPSA) is 55.6 Å². The van der Waals surface area contributed by atoms with Gasteiger partial charge in [-0.3, -0.25) is 4.79 Å². The van der Waals surface area contributed by atoms with E-state index >= 15 is 0 Å². The molecule has 0 unspecified atom stereocenters. The third-order valence-corrected chi connectivity index (χ3v) is 5.82. The second kappa shape index (κ2) is 9.39. The standard InChI is InChI=1S/C24H27FN2O3/c1-2-22(28)17-4-7-20(8-5-17)29-15-3-12-27-13-10-18(11-14-27)24-21-9-6-19(25)16-23(21)30-26-24/h4-9,16,18H,2-3,10-15H2,1H3. The van der Waals surface area contributed by atoms with E-state index in [1.54, 1.807) is 6.07 Å². The number of aromatic nitrogens is 1. The Labute approximate surface area is 175 Å². The van der Waals surface area contributed by atoms with E-state index in [9.17, 15) is 9.18 Å². The van der Waals surface area contributed by atoms with E-state index in [0.717, 1.165) is 61.3 Å². The Hall–Kier alpha value is -2.73. The molecular weight excluding hydrogens is 383 g/mol. The van der Waals surface area contributed by atoms with Gasteiger partial charge < -0.3 is 14.2 Å². The number of likely N-dealkylation sites (tertiary alicyclic amines) is 1. The van der Waals surface area contributed by atoms with Gasteiger partial charge >= 0.3 is 0 Å². The Morgan fingerprint density at radius 1 is 1.20 bits per heavy atom. The second-order valence-electron chi connectivity index (χ2n) is 7.83. The first-order chi connectivity index (χ1) is 14.6. The molecule has 0 atom stereocenters. The number of benzene rings is 2. The number of carbonyl (C=O) groups is 1. The van der Waals surface area contributed by atoms with Crippen LogP contribution in [0.25, 0.3) is 11.0 Å². The van der Waals surface area contributed by atoms with Gasteiger partial charge in [-0.2, -0.15) is 0 Å². The number of halogens is 1. The van der Waals surface area contributed by atoms with Gasteiger partial charge in [-0.1, -0.05) is 12.1 Å². The van der Waals surface area contributed by atoms with Gasteiger partial charge in [0.25, 0.3) is 0 Å². The Bertz CT molecular complexity index is 991. The molecule has 1 fully saturated rings. The average molecular weight is 410 g/mol. The molecule has 4 rings (SSSR count). The van der Waals surface area contributed by atoms with Crippen LogP contribution in [0.3, 0.4) is 0 Å². The molecule has 30 heavy (non-hydrogen) atoms. The third kappa shape index (κ3) is 4.70. The maximum absolute atomic E-state index is 13.3. The third-order valence-electron chi connectivity index (χ3n) is 5.82. The van der Waals surface area contributed by atoms with Crippen molar-refractivity contribution in [3.8, 4) is 5.75 Å². The maximum atomic E-state index is 13.3. The van der Waals surface area contributed by atoms with Gasteiger partial charge in [0, 0.05) is 35.9 Å². The fraction of sp³-hybridized carbons (Fsp3) is 0.417. The number of piperidine rings is 1. The summed E-state index contributed by atoms with van der Waals surface area (Å²) in [6.45, 7) is 5.52. The largest absolute Gasteiger partial charge is 0.494 e. The Balaban J connectivity index is 1.20. The highest BCUT2D eigenvalue weighted by molar-refractivity contribution is 5.95. The van der Waals surface area contributed by atoms with Crippen molar-refractivity contribution in [2.24, 2.45) is 0 Å². The summed E-state index contributed by atoms with van der Waals surface area (Å²) in [4.78, 5) is 14.1. The molecule has 0 amide bonds. The summed E-state index contributed by atoms with van der Waals surface area (Å²) in [5.41, 5.74) is 2.22. The number of hydrogen-bond donors (Lipinski definition) is 0. The average Bonchev–Trinajstić information content (AvgIpc) is 3.20. The van der Waals surface area contributed by atoms with Crippen LogP contribution in [0.1, 0.15) is 54.6 Å². The van der Waals surface area contributed by atoms with Gasteiger partial charge in [0.05, 0.1) is 12.3 Å². The highest BCUT2D eigenvalue weighted by atomic mass is 19.1. The van der Waals surface area contributed by atoms with Gasteiger partial charge in [0.15, 0.2) is 11.4 Å². The molecule has 2 aromatic carbocycles. The van der Waals surface area contributed by atoms with Crippen LogP contribution in [0, 0.1) is 5.82 Å². The van der Waals surface area contributed by atoms with E-state index in [-0.39, 0.29) is 11.6 Å². The highest BCUT2D eigenvalue weighted by Crippen LogP contribution is 2.32. The number of rotatable bonds is 8. The maximum Gasteiger partial charge on any atom is 0.170 e. The zero-order valence-corrected chi connectivity index (χ0v) is 17.3. The Kier molecular flexibility index (Phi) is 6.43. The Morgan fingerprint density at radius 2 is 1.97 bits per heavy atom. The van der Waals surface area contributed by atoms with E-state index in [4.69, 9.17) is 9.26 Å². The number of Topliss-reactive ketones (excluding diaryl/α,β-unsaturated/α-hetero) is 1. The quantitative estimate of drug-likeness (QED) is 0.377. The van der Waals surface area contributed by atoms with Gasteiger partial charge in [0.1, 0.15) is 11.6 Å². The zero-order valence-electron chi connectivity index (χ0n) is 17.3. The van der Waals surface area contributed by atoms with Crippen molar-refractivity contribution in [3.05, 3.63) is 59.5 Å². The molecule has 0 radical (unpaired) electrons. The van der Waals surface area contributed by atoms with Gasteiger partial charge in [-0.15, -0.1) is 0 Å². The molecular formula is C24H27FN2O3. The molecule has 2 heterocycles. The molecule has 0 saturated carbocycles. The van der Waals surface area contributed by atoms with E-state index in [1.807, 2.05) is 31.2 Å². The highest BCUT2D eigenvalue weighted by Gasteiger charge is 2.24. The lowest BCUT2D eigenvalue weighted by atomic mass is 9.91. The molecule has 1 saturated heterocycles. The number of hydrogen-bond acceptors (Lipinski definition) is 5. The fourth-order valence-electron chi connectivity index (χ4n) is 4.07. The monoisotopic (exact) mass is 410 g/mol. The van der Waals surface area contributed by atoms with Crippen molar-refractivity contribution >= 4 is 16.8 Å². The van der Waals surface area contributed by atoms with Crippen molar-refractivity contribution in [1.29, 1.82) is 0 Å². The van der Waals surface area contributed by atoms with E-state index < -0.39 is 0 Å². The summed E-state index contributed by atoms with van der Waals surface area (Å²) in [7, 11) is 0. The lowest BCUT2D eigenvalue weighted by molar-refractivity contribution is 0.0988. The summed E-state index contributed by atoms with van der Waals surface area (Å²) in [5, 5.41) is 5.14. The molecule has 1 aromatic heterocycles. The first-order valence-corrected chi connectivity index (χ1v) is 10.7. The minimum absolute atomic E-state index is 0.149. The normalized spacial score (nSPS) is 15.5. The number of ketones is 1. The molecule has 3 aromatic rings. The minimum atomic E-state index is -0.298. The van der Waals surface area contributed by atoms with Crippen LogP contribution in [-0.2, 0) is 0 Å². The zero-order chi connectivity index (χ0) is 20.9. The molecule has 0 N–H and O–H groups in total. The lowest BCUT2D eigenvalue weighted by Crippen LogP contribution is -2.34. The van der Waals surface area contributed by atoms with E-state index in [2.05, 4.69) is 10.1 Å². The number of fused-ring (bicyclic) bond motifs is 1. The summed E-state index contributed by atoms with van der Waals surface area (Å²) < 4.78 is 24.5. The summed E-state index contributed by atoms with van der Waals surface area (Å²) in [6.07, 6.45) is 3.51. The Morgan fingerprint density at radius 3 is 2.70 bits per heavy atom. The van der Waals surface area contributed by atoms with E-state index in [0.29, 0.717) is 24.5 Å². The van der Waals surface area contributed by atoms with Gasteiger partial charge in [0.2, 0.25) is 0 Å². The van der Waals surface area contributed by atoms with Crippen LogP contribution < -0.4 is 4.74 Å². The van der Waals surface area contributed by atoms with Crippen LogP contribution >= 0.6 is 0 Å². The number of nitrogens with zero attached hydrogens (tertiary/aromatic N) is 2. The van der Waals surface area contributed by atoms with Crippen LogP contribution in [0.5, 0.6) is 5.75 Å². The summed E-state index contributed by atoms with van der Waals surface area (Å²) in [6, 6.07) is 12.0. The molecule has 158 valence electrons. The van der Waals surface area contributed by atoms with Gasteiger partial charge in [-0.05, 0) is 68.8 Å². The van der Waals surface area contributed by atoms with Crippen molar-refractivity contribution < 1.29 is 18.4 Å². The number of carbonyl (C=O) groups excluding carboxylic acids is 1. The first kappa shape index (κ1) is 20.5. The van der Waals surface area contributed by atoms with Crippen molar-refractivity contribution in [3.63, 3.8) is 0 Å². The molecule has 1 aliphatic rings.